The van der Waals surface area contributed by atoms with E-state index in [9.17, 15) is 9.59 Å². The molecule has 2 N–H and O–H groups in total. The van der Waals surface area contributed by atoms with Gasteiger partial charge in [-0.1, -0.05) is 6.08 Å². The highest BCUT2D eigenvalue weighted by Gasteiger charge is 2.26. The number of likely N-dealkylation sites (N-methyl/N-ethyl adjacent to an activating group) is 1. The lowest BCUT2D eigenvalue weighted by Gasteiger charge is -2.20. The van der Waals surface area contributed by atoms with Gasteiger partial charge in [-0.05, 0) is 60.0 Å². The van der Waals surface area contributed by atoms with Gasteiger partial charge in [0.15, 0.2) is 0 Å². The second-order valence-corrected chi connectivity index (χ2v) is 7.43. The Balaban J connectivity index is 2.24. The van der Waals surface area contributed by atoms with Gasteiger partial charge in [-0.3, -0.25) is 4.79 Å². The second-order valence-electron chi connectivity index (χ2n) is 7.43. The number of hydrogen-bond donors (Lipinski definition) is 2. The minimum Gasteiger partial charge on any atom is -0.444 e. The van der Waals surface area contributed by atoms with Crippen molar-refractivity contribution < 1.29 is 14.3 Å². The van der Waals surface area contributed by atoms with Crippen molar-refractivity contribution in [2.75, 3.05) is 27.2 Å². The Bertz CT molecular complexity index is 427. The molecule has 0 spiro atoms. The van der Waals surface area contributed by atoms with Gasteiger partial charge < -0.3 is 20.3 Å². The summed E-state index contributed by atoms with van der Waals surface area (Å²) in [7, 11) is 3.92. The minimum absolute atomic E-state index is 0.0439. The number of amides is 2. The Morgan fingerprint density at radius 2 is 1.96 bits per heavy atom. The molecule has 0 heterocycles. The van der Waals surface area contributed by atoms with E-state index in [4.69, 9.17) is 4.74 Å². The lowest BCUT2D eigenvalue weighted by atomic mass is 10.1. The van der Waals surface area contributed by atoms with Crippen molar-refractivity contribution in [3.8, 4) is 0 Å². The summed E-state index contributed by atoms with van der Waals surface area (Å²) in [6.45, 7) is 6.88. The third kappa shape index (κ3) is 9.23. The predicted molar refractivity (Wildman–Crippen MR) is 91.2 cm³/mol. The van der Waals surface area contributed by atoms with Gasteiger partial charge in [0.25, 0.3) is 0 Å². The van der Waals surface area contributed by atoms with E-state index in [0.29, 0.717) is 12.5 Å². The molecule has 2 atom stereocenters. The largest absolute Gasteiger partial charge is 0.444 e. The molecule has 1 rings (SSSR count). The number of alkyl carbamates (subject to hydrolysis) is 1. The third-order valence-corrected chi connectivity index (χ3v) is 3.56. The molecule has 1 fully saturated rings. The molecular weight excluding hydrogens is 294 g/mol. The molecule has 1 aliphatic rings. The summed E-state index contributed by atoms with van der Waals surface area (Å²) in [5.74, 6) is 0.344. The molecule has 0 saturated heterocycles. The Hall–Kier alpha value is -1.56. The first kappa shape index (κ1) is 19.5. The molecule has 0 aliphatic heterocycles. The third-order valence-electron chi connectivity index (χ3n) is 3.56. The Labute approximate surface area is 139 Å². The summed E-state index contributed by atoms with van der Waals surface area (Å²) in [6, 6.07) is 0.192. The van der Waals surface area contributed by atoms with Crippen LogP contribution in [0.4, 0.5) is 4.79 Å². The first-order chi connectivity index (χ1) is 10.7. The van der Waals surface area contributed by atoms with E-state index in [1.807, 2.05) is 45.8 Å². The molecular formula is C17H31N3O3. The molecule has 23 heavy (non-hydrogen) atoms. The molecule has 0 aromatic carbocycles. The molecule has 1 aliphatic carbocycles. The van der Waals surface area contributed by atoms with Crippen molar-refractivity contribution in [2.45, 2.75) is 51.7 Å². The maximum absolute atomic E-state index is 11.8. The van der Waals surface area contributed by atoms with E-state index >= 15 is 0 Å². The van der Waals surface area contributed by atoms with E-state index in [2.05, 4.69) is 10.6 Å². The van der Waals surface area contributed by atoms with Crippen molar-refractivity contribution in [1.29, 1.82) is 0 Å². The van der Waals surface area contributed by atoms with Gasteiger partial charge in [0.1, 0.15) is 5.60 Å². The molecule has 6 nitrogen and oxygen atoms in total. The maximum atomic E-state index is 11.8. The summed E-state index contributed by atoms with van der Waals surface area (Å²) < 4.78 is 5.22. The topological polar surface area (TPSA) is 70.7 Å². The molecule has 0 aromatic heterocycles. The number of hydrogen-bond acceptors (Lipinski definition) is 4. The lowest BCUT2D eigenvalue weighted by molar-refractivity contribution is -0.117. The van der Waals surface area contributed by atoms with Crippen molar-refractivity contribution in [2.24, 2.45) is 5.92 Å². The van der Waals surface area contributed by atoms with E-state index in [1.165, 1.54) is 0 Å². The van der Waals surface area contributed by atoms with Crippen LogP contribution in [0, 0.1) is 5.92 Å². The molecule has 1 saturated carbocycles. The van der Waals surface area contributed by atoms with Gasteiger partial charge in [0, 0.05) is 25.2 Å². The summed E-state index contributed by atoms with van der Waals surface area (Å²) in [5.41, 5.74) is -0.477. The van der Waals surface area contributed by atoms with Crippen LogP contribution >= 0.6 is 0 Å². The number of rotatable bonds is 6. The van der Waals surface area contributed by atoms with Gasteiger partial charge >= 0.3 is 6.09 Å². The van der Waals surface area contributed by atoms with Crippen molar-refractivity contribution >= 4 is 12.0 Å². The van der Waals surface area contributed by atoms with E-state index < -0.39 is 5.60 Å². The van der Waals surface area contributed by atoms with Crippen LogP contribution in [-0.4, -0.2) is 55.7 Å². The smallest absolute Gasteiger partial charge is 0.407 e. The van der Waals surface area contributed by atoms with Gasteiger partial charge in [0.05, 0.1) is 0 Å². The van der Waals surface area contributed by atoms with Crippen molar-refractivity contribution in [3.05, 3.63) is 12.2 Å². The summed E-state index contributed by atoms with van der Waals surface area (Å²) in [4.78, 5) is 25.4. The van der Waals surface area contributed by atoms with Gasteiger partial charge in [-0.25, -0.2) is 4.79 Å². The molecule has 0 bridgehead atoms. The predicted octanol–water partition coefficient (Wildman–Crippen LogP) is 1.91. The monoisotopic (exact) mass is 325 g/mol. The standard InChI is InChI=1S/C17H31N3O3/c1-17(2,3)23-16(22)18-12-13-8-9-14(11-13)19-15(21)7-6-10-20(4)5/h6-7,13-14H,8-12H2,1-5H3,(H,18,22)(H,19,21)/b7-6+. The number of nitrogens with one attached hydrogen (secondary N) is 2. The van der Waals surface area contributed by atoms with Crippen LogP contribution in [0.15, 0.2) is 12.2 Å². The molecule has 2 unspecified atom stereocenters. The van der Waals surface area contributed by atoms with E-state index in [-0.39, 0.29) is 18.0 Å². The van der Waals surface area contributed by atoms with Crippen LogP contribution in [0.1, 0.15) is 40.0 Å². The second kappa shape index (κ2) is 8.91. The summed E-state index contributed by atoms with van der Waals surface area (Å²) in [6.07, 6.45) is 5.91. The quantitative estimate of drug-likeness (QED) is 0.732. The highest BCUT2D eigenvalue weighted by molar-refractivity contribution is 5.87. The molecule has 0 aromatic rings. The zero-order valence-corrected chi connectivity index (χ0v) is 15.0. The zero-order valence-electron chi connectivity index (χ0n) is 15.0. The first-order valence-electron chi connectivity index (χ1n) is 8.24. The average molecular weight is 325 g/mol. The highest BCUT2D eigenvalue weighted by Crippen LogP contribution is 2.25. The van der Waals surface area contributed by atoms with E-state index in [1.54, 1.807) is 6.08 Å². The minimum atomic E-state index is -0.477. The molecule has 6 heteroatoms. The fraction of sp³-hybridized carbons (Fsp3) is 0.765. The maximum Gasteiger partial charge on any atom is 0.407 e. The number of nitrogens with zero attached hydrogens (tertiary/aromatic N) is 1. The van der Waals surface area contributed by atoms with Crippen LogP contribution in [0.2, 0.25) is 0 Å². The lowest BCUT2D eigenvalue weighted by Crippen LogP contribution is -2.36. The number of ether oxygens (including phenoxy) is 1. The van der Waals surface area contributed by atoms with E-state index in [0.717, 1.165) is 25.8 Å². The first-order valence-corrected chi connectivity index (χ1v) is 8.24. The Morgan fingerprint density at radius 3 is 2.57 bits per heavy atom. The van der Waals surface area contributed by atoms with Gasteiger partial charge in [-0.15, -0.1) is 0 Å². The fourth-order valence-electron chi connectivity index (χ4n) is 2.55. The number of carbonyl (C=O) groups excluding carboxylic acids is 2. The molecule has 0 radical (unpaired) electrons. The molecule has 2 amide bonds. The van der Waals surface area contributed by atoms with Gasteiger partial charge in [-0.2, -0.15) is 0 Å². The Kier molecular flexibility index (Phi) is 7.55. The fourth-order valence-corrected chi connectivity index (χ4v) is 2.55. The molecule has 132 valence electrons. The van der Waals surface area contributed by atoms with Crippen LogP contribution < -0.4 is 10.6 Å². The average Bonchev–Trinajstić information content (AvgIpc) is 2.81. The SMILES string of the molecule is CN(C)C/C=C/C(=O)NC1CCC(CNC(=O)OC(C)(C)C)C1. The Morgan fingerprint density at radius 1 is 1.26 bits per heavy atom. The van der Waals surface area contributed by atoms with Crippen molar-refractivity contribution in [3.63, 3.8) is 0 Å². The summed E-state index contributed by atoms with van der Waals surface area (Å²) >= 11 is 0. The zero-order chi connectivity index (χ0) is 17.5. The van der Waals surface area contributed by atoms with Crippen LogP contribution in [0.25, 0.3) is 0 Å². The summed E-state index contributed by atoms with van der Waals surface area (Å²) in [5, 5.41) is 5.83. The van der Waals surface area contributed by atoms with Gasteiger partial charge in [0.2, 0.25) is 5.91 Å². The normalized spacial score (nSPS) is 21.7. The van der Waals surface area contributed by atoms with Crippen molar-refractivity contribution in [1.82, 2.24) is 15.5 Å². The van der Waals surface area contributed by atoms with Crippen LogP contribution in [0.5, 0.6) is 0 Å². The van der Waals surface area contributed by atoms with Crippen LogP contribution in [-0.2, 0) is 9.53 Å². The number of carbonyl (C=O) groups is 2. The van der Waals surface area contributed by atoms with Crippen LogP contribution in [0.3, 0.4) is 0 Å². The highest BCUT2D eigenvalue weighted by atomic mass is 16.6.